The lowest BCUT2D eigenvalue weighted by molar-refractivity contribution is -0.687. The first-order valence-electron chi connectivity index (χ1n) is 7.21. The molecule has 6 nitrogen and oxygen atoms in total. The van der Waals surface area contributed by atoms with Crippen molar-refractivity contribution in [1.82, 2.24) is 4.57 Å². The Hall–Kier alpha value is -2.41. The third-order valence-corrected chi connectivity index (χ3v) is 3.13. The maximum Gasteiger partial charge on any atom is 0.511 e. The summed E-state index contributed by atoms with van der Waals surface area (Å²) in [4.78, 5) is 22.6. The molecule has 0 bridgehead atoms. The number of carbonyl (C=O) groups is 2. The number of aromatic nitrogens is 2. The van der Waals surface area contributed by atoms with E-state index in [9.17, 15) is 9.59 Å². The summed E-state index contributed by atoms with van der Waals surface area (Å²) in [6, 6.07) is 7.76. The van der Waals surface area contributed by atoms with Crippen molar-refractivity contribution >= 4 is 18.1 Å². The van der Waals surface area contributed by atoms with Crippen LogP contribution in [0.2, 0.25) is 0 Å². The number of methoxy groups -OCH3 is 1. The summed E-state index contributed by atoms with van der Waals surface area (Å²) in [5.41, 5.74) is 1.99. The lowest BCUT2D eigenvalue weighted by Gasteiger charge is -1.99. The number of esters is 1. The first-order valence-corrected chi connectivity index (χ1v) is 7.21. The number of benzene rings is 1. The summed E-state index contributed by atoms with van der Waals surface area (Å²) >= 11 is 0. The predicted molar refractivity (Wildman–Crippen MR) is 83.6 cm³/mol. The van der Waals surface area contributed by atoms with E-state index in [0.717, 1.165) is 11.1 Å². The second-order valence-electron chi connectivity index (χ2n) is 4.79. The highest BCUT2D eigenvalue weighted by molar-refractivity contribution is 5.86. The quantitative estimate of drug-likeness (QED) is 0.371. The van der Waals surface area contributed by atoms with Gasteiger partial charge in [0.2, 0.25) is 0 Å². The number of nitrogens with zero attached hydrogens (tertiary/aromatic N) is 2. The Morgan fingerprint density at radius 2 is 1.96 bits per heavy atom. The van der Waals surface area contributed by atoms with Gasteiger partial charge in [-0.3, -0.25) is 0 Å². The van der Waals surface area contributed by atoms with Crippen LogP contribution in [0.4, 0.5) is 4.79 Å². The highest BCUT2D eigenvalue weighted by Gasteiger charge is 2.13. The van der Waals surface area contributed by atoms with Gasteiger partial charge in [-0.15, -0.1) is 4.57 Å². The van der Waals surface area contributed by atoms with Gasteiger partial charge in [-0.1, -0.05) is 24.3 Å². The molecule has 0 saturated heterocycles. The van der Waals surface area contributed by atoms with Crippen molar-refractivity contribution in [3.05, 3.63) is 60.2 Å². The second kappa shape index (κ2) is 9.67. The third-order valence-electron chi connectivity index (χ3n) is 3.13. The van der Waals surface area contributed by atoms with Crippen LogP contribution in [-0.2, 0) is 20.8 Å². The Balaban J connectivity index is 0.00000288. The van der Waals surface area contributed by atoms with Gasteiger partial charge in [-0.25, -0.2) is 9.36 Å². The maximum atomic E-state index is 11.6. The summed E-state index contributed by atoms with van der Waals surface area (Å²) in [6.07, 6.45) is 7.83. The van der Waals surface area contributed by atoms with Crippen molar-refractivity contribution in [2.45, 2.75) is 13.5 Å². The largest absolute Gasteiger partial charge is 1.00 e. The van der Waals surface area contributed by atoms with E-state index in [4.69, 9.17) is 4.74 Å². The highest BCUT2D eigenvalue weighted by atomic mass is 79.9. The van der Waals surface area contributed by atoms with E-state index >= 15 is 0 Å². The molecule has 0 aliphatic rings. The first-order chi connectivity index (χ1) is 11.1. The standard InChI is InChI=1S/C17H19N2O4.BrH/c1-3-23-17(21)19-11-10-18(13-19)12-15-6-4-14(5-7-15)8-9-16(20)22-2;/h4-11,13H,3,12H2,1-2H3;1H/q+1;/p-1/b9-8+;. The van der Waals surface area contributed by atoms with Crippen LogP contribution in [-0.4, -0.2) is 30.3 Å². The van der Waals surface area contributed by atoms with Crippen LogP contribution in [0.15, 0.2) is 49.1 Å². The summed E-state index contributed by atoms with van der Waals surface area (Å²) in [6.45, 7) is 2.75. The van der Waals surface area contributed by atoms with E-state index < -0.39 is 6.09 Å². The molecular formula is C17H19BrN2O4. The number of carbonyl (C=O) groups excluding carboxylic acids is 2. The first kappa shape index (κ1) is 19.6. The zero-order chi connectivity index (χ0) is 16.7. The Morgan fingerprint density at radius 1 is 1.25 bits per heavy atom. The Morgan fingerprint density at radius 3 is 2.58 bits per heavy atom. The molecule has 0 aliphatic heterocycles. The molecule has 0 saturated carbocycles. The minimum absolute atomic E-state index is 0. The molecular weight excluding hydrogens is 376 g/mol. The smallest absolute Gasteiger partial charge is 0.511 e. The third kappa shape index (κ3) is 5.66. The topological polar surface area (TPSA) is 61.4 Å². The highest BCUT2D eigenvalue weighted by Crippen LogP contribution is 2.06. The number of halogens is 1. The Labute approximate surface area is 151 Å². The van der Waals surface area contributed by atoms with Crippen LogP contribution in [0.1, 0.15) is 18.1 Å². The molecule has 1 heterocycles. The van der Waals surface area contributed by atoms with Gasteiger partial charge in [-0.05, 0) is 24.1 Å². The minimum Gasteiger partial charge on any atom is -1.00 e. The van der Waals surface area contributed by atoms with Crippen LogP contribution in [0.25, 0.3) is 6.08 Å². The molecule has 128 valence electrons. The molecule has 0 amide bonds. The molecule has 0 atom stereocenters. The van der Waals surface area contributed by atoms with E-state index in [0.29, 0.717) is 13.2 Å². The molecule has 0 radical (unpaired) electrons. The second-order valence-corrected chi connectivity index (χ2v) is 4.79. The van der Waals surface area contributed by atoms with E-state index in [1.165, 1.54) is 17.8 Å². The minimum atomic E-state index is -0.394. The molecule has 2 rings (SSSR count). The van der Waals surface area contributed by atoms with Crippen LogP contribution < -0.4 is 21.5 Å². The van der Waals surface area contributed by atoms with Gasteiger partial charge in [0.25, 0.3) is 6.33 Å². The lowest BCUT2D eigenvalue weighted by atomic mass is 10.1. The van der Waals surface area contributed by atoms with Gasteiger partial charge in [0.15, 0.2) is 0 Å². The van der Waals surface area contributed by atoms with E-state index in [1.54, 1.807) is 25.5 Å². The summed E-state index contributed by atoms with van der Waals surface area (Å²) in [7, 11) is 1.34. The fraction of sp³-hybridized carbons (Fsp3) is 0.235. The average Bonchev–Trinajstić information content (AvgIpc) is 3.02. The summed E-state index contributed by atoms with van der Waals surface area (Å²) < 4.78 is 12.8. The van der Waals surface area contributed by atoms with Crippen molar-refractivity contribution in [2.75, 3.05) is 13.7 Å². The SMILES string of the molecule is CCOC(=O)n1cc[n+](Cc2ccc(/C=C/C(=O)OC)cc2)c1.[Br-]. The molecule has 0 spiro atoms. The van der Waals surface area contributed by atoms with Crippen LogP contribution in [0.5, 0.6) is 0 Å². The molecule has 0 aliphatic carbocycles. The average molecular weight is 395 g/mol. The monoisotopic (exact) mass is 394 g/mol. The van der Waals surface area contributed by atoms with E-state index in [1.807, 2.05) is 35.0 Å². The fourth-order valence-electron chi connectivity index (χ4n) is 1.97. The molecule has 1 aromatic carbocycles. The van der Waals surface area contributed by atoms with Crippen molar-refractivity contribution in [3.63, 3.8) is 0 Å². The lowest BCUT2D eigenvalue weighted by Crippen LogP contribution is -3.00. The van der Waals surface area contributed by atoms with Gasteiger partial charge in [-0.2, -0.15) is 4.79 Å². The molecule has 7 heteroatoms. The Kier molecular flexibility index (Phi) is 7.91. The molecule has 0 fully saturated rings. The summed E-state index contributed by atoms with van der Waals surface area (Å²) in [5, 5.41) is 0. The molecule has 24 heavy (non-hydrogen) atoms. The molecule has 0 unspecified atom stereocenters. The van der Waals surface area contributed by atoms with Gasteiger partial charge in [0.1, 0.15) is 18.9 Å². The molecule has 0 N–H and O–H groups in total. The summed E-state index contributed by atoms with van der Waals surface area (Å²) in [5.74, 6) is -0.384. The fourth-order valence-corrected chi connectivity index (χ4v) is 1.97. The zero-order valence-corrected chi connectivity index (χ0v) is 15.1. The van der Waals surface area contributed by atoms with Crippen molar-refractivity contribution in [1.29, 1.82) is 0 Å². The van der Waals surface area contributed by atoms with Crippen LogP contribution in [0, 0.1) is 0 Å². The van der Waals surface area contributed by atoms with Gasteiger partial charge >= 0.3 is 12.1 Å². The van der Waals surface area contributed by atoms with Crippen molar-refractivity contribution in [3.8, 4) is 0 Å². The number of hydrogen-bond donors (Lipinski definition) is 0. The Bertz CT molecular complexity index is 708. The maximum absolute atomic E-state index is 11.6. The normalized spacial score (nSPS) is 10.2. The van der Waals surface area contributed by atoms with E-state index in [2.05, 4.69) is 4.74 Å². The van der Waals surface area contributed by atoms with Gasteiger partial charge in [0, 0.05) is 6.08 Å². The van der Waals surface area contributed by atoms with Crippen molar-refractivity contribution in [2.24, 2.45) is 0 Å². The van der Waals surface area contributed by atoms with Gasteiger partial charge in [0.05, 0.1) is 13.7 Å². The zero-order valence-electron chi connectivity index (χ0n) is 13.5. The predicted octanol–water partition coefficient (Wildman–Crippen LogP) is -0.981. The number of imidazole rings is 1. The van der Waals surface area contributed by atoms with E-state index in [-0.39, 0.29) is 23.0 Å². The van der Waals surface area contributed by atoms with Crippen LogP contribution >= 0.6 is 0 Å². The number of rotatable bonds is 5. The number of ether oxygens (including phenoxy) is 2. The van der Waals surface area contributed by atoms with Crippen molar-refractivity contribution < 1.29 is 40.6 Å². The van der Waals surface area contributed by atoms with Crippen LogP contribution in [0.3, 0.4) is 0 Å². The number of hydrogen-bond acceptors (Lipinski definition) is 4. The van der Waals surface area contributed by atoms with Gasteiger partial charge < -0.3 is 26.5 Å². The molecule has 2 aromatic rings. The molecule has 1 aromatic heterocycles.